The molecule has 0 spiro atoms. The van der Waals surface area contributed by atoms with Crippen LogP contribution in [0.1, 0.15) is 46.3 Å². The van der Waals surface area contributed by atoms with Gasteiger partial charge in [0.2, 0.25) is 11.8 Å². The van der Waals surface area contributed by atoms with Gasteiger partial charge in [0.15, 0.2) is 0 Å². The highest BCUT2D eigenvalue weighted by atomic mass is 19.4. The molecule has 0 aliphatic carbocycles. The first-order valence-corrected chi connectivity index (χ1v) is 13.5. The number of fused-ring (bicyclic) bond motifs is 1. The van der Waals surface area contributed by atoms with Crippen LogP contribution in [0.25, 0.3) is 10.8 Å². The Bertz CT molecular complexity index is 1500. The number of carbonyl (C=O) groups is 3. The van der Waals surface area contributed by atoms with Crippen LogP contribution in [0.3, 0.4) is 0 Å². The molecule has 228 valence electrons. The van der Waals surface area contributed by atoms with Crippen molar-refractivity contribution in [2.24, 2.45) is 0 Å². The zero-order valence-electron chi connectivity index (χ0n) is 23.1. The van der Waals surface area contributed by atoms with Crippen LogP contribution in [0.2, 0.25) is 0 Å². The maximum absolute atomic E-state index is 13.5. The second kappa shape index (κ2) is 12.9. The average molecular weight is 606 g/mol. The van der Waals surface area contributed by atoms with Crippen LogP contribution < -0.4 is 10.6 Å². The zero-order chi connectivity index (χ0) is 31.4. The van der Waals surface area contributed by atoms with Crippen LogP contribution in [0.15, 0.2) is 72.8 Å². The van der Waals surface area contributed by atoms with Crippen LogP contribution >= 0.6 is 0 Å². The lowest BCUT2D eigenvalue weighted by Crippen LogP contribution is -2.45. The summed E-state index contributed by atoms with van der Waals surface area (Å²) in [5, 5.41) is 7.13. The number of halogens is 6. The van der Waals surface area contributed by atoms with Gasteiger partial charge >= 0.3 is 12.4 Å². The van der Waals surface area contributed by atoms with E-state index in [1.165, 1.54) is 13.1 Å². The maximum Gasteiger partial charge on any atom is 0.416 e. The number of alkyl halides is 6. The first-order chi connectivity index (χ1) is 20.2. The number of hydrogen-bond donors (Lipinski definition) is 2. The van der Waals surface area contributed by atoms with Crippen molar-refractivity contribution in [3.8, 4) is 0 Å². The molecule has 3 amide bonds. The Morgan fingerprint density at radius 3 is 2.26 bits per heavy atom. The fourth-order valence-corrected chi connectivity index (χ4v) is 4.87. The predicted octanol–water partition coefficient (Wildman–Crippen LogP) is 5.90. The minimum absolute atomic E-state index is 0.0444. The smallest absolute Gasteiger partial charge is 0.354 e. The molecule has 2 N–H and O–H groups in total. The maximum atomic E-state index is 13.5. The number of rotatable bonds is 7. The third-order valence-electron chi connectivity index (χ3n) is 7.23. The Balaban J connectivity index is 1.65. The Kier molecular flexibility index (Phi) is 9.46. The Morgan fingerprint density at radius 2 is 1.60 bits per heavy atom. The molecule has 4 rings (SSSR count). The number of likely N-dealkylation sites (N-methyl/N-ethyl adjacent to an activating group) is 1. The summed E-state index contributed by atoms with van der Waals surface area (Å²) in [6, 6.07) is 11.9. The molecule has 0 bridgehead atoms. The van der Waals surface area contributed by atoms with Gasteiger partial charge < -0.3 is 15.5 Å². The van der Waals surface area contributed by atoms with E-state index < -0.39 is 52.9 Å². The zero-order valence-corrected chi connectivity index (χ0v) is 23.1. The van der Waals surface area contributed by atoms with Crippen molar-refractivity contribution in [2.75, 3.05) is 13.6 Å². The van der Waals surface area contributed by atoms with E-state index in [0.29, 0.717) is 37.1 Å². The summed E-state index contributed by atoms with van der Waals surface area (Å²) in [5.74, 6) is -2.07. The molecule has 1 aliphatic heterocycles. The monoisotopic (exact) mass is 605 g/mol. The van der Waals surface area contributed by atoms with Crippen molar-refractivity contribution in [3.63, 3.8) is 0 Å². The predicted molar refractivity (Wildman–Crippen MR) is 148 cm³/mol. The summed E-state index contributed by atoms with van der Waals surface area (Å²) in [4.78, 5) is 39.4. The molecule has 6 nitrogen and oxygen atoms in total. The van der Waals surface area contributed by atoms with Crippen molar-refractivity contribution in [3.05, 3.63) is 95.1 Å². The van der Waals surface area contributed by atoms with Gasteiger partial charge in [0, 0.05) is 25.2 Å². The van der Waals surface area contributed by atoms with E-state index in [9.17, 15) is 40.7 Å². The van der Waals surface area contributed by atoms with Crippen LogP contribution in [0, 0.1) is 0 Å². The summed E-state index contributed by atoms with van der Waals surface area (Å²) in [6.07, 6.45) is -5.79. The molecule has 0 aromatic heterocycles. The fraction of sp³-hybridized carbons (Fsp3) is 0.323. The number of hydrogen-bond acceptors (Lipinski definition) is 3. The number of nitrogens with one attached hydrogen (secondary N) is 2. The molecule has 3 aromatic carbocycles. The topological polar surface area (TPSA) is 78.5 Å². The summed E-state index contributed by atoms with van der Waals surface area (Å²) in [7, 11) is 1.24. The highest BCUT2D eigenvalue weighted by Gasteiger charge is 2.38. The lowest BCUT2D eigenvalue weighted by molar-refractivity contribution is -0.143. The molecule has 3 aromatic rings. The van der Waals surface area contributed by atoms with E-state index in [0.717, 1.165) is 28.2 Å². The van der Waals surface area contributed by atoms with Crippen LogP contribution in [0.5, 0.6) is 0 Å². The Morgan fingerprint density at radius 1 is 0.953 bits per heavy atom. The number of benzene rings is 3. The van der Waals surface area contributed by atoms with Crippen LogP contribution in [0.4, 0.5) is 26.3 Å². The van der Waals surface area contributed by atoms with E-state index in [4.69, 9.17) is 0 Å². The van der Waals surface area contributed by atoms with Gasteiger partial charge in [-0.3, -0.25) is 14.4 Å². The molecule has 12 heteroatoms. The minimum atomic E-state index is -5.12. The Labute approximate surface area is 243 Å². The standard InChI is InChI=1S/C31H29F6N3O3/c1-40(29(43)22-16-23(30(32,33)34)18-24(17-22)31(35,36)37)25(15-19-9-10-20-6-2-3-7-21(20)14-19)11-12-27(41)39-26-8-4-5-13-38-28(26)42/h2-3,6-7,9-12,14,16-18,25-26H,4-5,8,13,15H2,1H3,(H,38,42)(H,39,41)/b12-11+/t25-,26?/m0/s1. The van der Waals surface area contributed by atoms with Crippen LogP contribution in [-0.2, 0) is 28.4 Å². The van der Waals surface area contributed by atoms with Crippen LogP contribution in [-0.4, -0.2) is 48.3 Å². The number of carbonyl (C=O) groups excluding carboxylic acids is 3. The largest absolute Gasteiger partial charge is 0.416 e. The van der Waals surface area contributed by atoms with E-state index in [1.807, 2.05) is 36.4 Å². The highest BCUT2D eigenvalue weighted by molar-refractivity contribution is 5.96. The van der Waals surface area contributed by atoms with Gasteiger partial charge in [0.25, 0.3) is 5.91 Å². The lowest BCUT2D eigenvalue weighted by Gasteiger charge is -2.27. The molecule has 0 radical (unpaired) electrons. The molecule has 1 saturated heterocycles. The third kappa shape index (κ3) is 8.14. The molecular formula is C31H29F6N3O3. The van der Waals surface area contributed by atoms with E-state index in [-0.39, 0.29) is 18.4 Å². The first-order valence-electron chi connectivity index (χ1n) is 13.5. The van der Waals surface area contributed by atoms with E-state index in [2.05, 4.69) is 10.6 Å². The van der Waals surface area contributed by atoms with Gasteiger partial charge in [-0.1, -0.05) is 48.5 Å². The summed E-state index contributed by atoms with van der Waals surface area (Å²) < 4.78 is 80.7. The number of amides is 3. The molecule has 1 heterocycles. The summed E-state index contributed by atoms with van der Waals surface area (Å²) in [5.41, 5.74) is -3.32. The molecule has 2 atom stereocenters. The minimum Gasteiger partial charge on any atom is -0.354 e. The van der Waals surface area contributed by atoms with Gasteiger partial charge in [-0.15, -0.1) is 0 Å². The number of nitrogens with zero attached hydrogens (tertiary/aromatic N) is 1. The average Bonchev–Trinajstić information content (AvgIpc) is 3.16. The molecule has 43 heavy (non-hydrogen) atoms. The van der Waals surface area contributed by atoms with E-state index in [1.54, 1.807) is 6.07 Å². The van der Waals surface area contributed by atoms with Gasteiger partial charge in [0.05, 0.1) is 17.2 Å². The first kappa shape index (κ1) is 31.6. The summed E-state index contributed by atoms with van der Waals surface area (Å²) >= 11 is 0. The normalized spacial score (nSPS) is 16.9. The van der Waals surface area contributed by atoms with E-state index >= 15 is 0 Å². The van der Waals surface area contributed by atoms with Crippen molar-refractivity contribution in [2.45, 2.75) is 50.1 Å². The van der Waals surface area contributed by atoms with Crippen molar-refractivity contribution >= 4 is 28.5 Å². The van der Waals surface area contributed by atoms with Crippen molar-refractivity contribution in [1.82, 2.24) is 15.5 Å². The van der Waals surface area contributed by atoms with Gasteiger partial charge in [0.1, 0.15) is 6.04 Å². The van der Waals surface area contributed by atoms with Gasteiger partial charge in [-0.2, -0.15) is 26.3 Å². The van der Waals surface area contributed by atoms with Gasteiger partial charge in [-0.05, 0) is 60.2 Å². The molecule has 1 aliphatic rings. The van der Waals surface area contributed by atoms with Gasteiger partial charge in [-0.25, -0.2) is 0 Å². The lowest BCUT2D eigenvalue weighted by atomic mass is 9.99. The third-order valence-corrected chi connectivity index (χ3v) is 7.23. The second-order valence-corrected chi connectivity index (χ2v) is 10.4. The SMILES string of the molecule is CN(C(=O)c1cc(C(F)(F)F)cc(C(F)(F)F)c1)[C@@H](/C=C/C(=O)NC1CCCCNC1=O)Cc1ccc2ccccc2c1. The molecule has 1 fully saturated rings. The Hall–Kier alpha value is -4.35. The highest BCUT2D eigenvalue weighted by Crippen LogP contribution is 2.36. The molecule has 0 saturated carbocycles. The quantitative estimate of drug-likeness (QED) is 0.260. The molecular weight excluding hydrogens is 576 g/mol. The molecule has 1 unspecified atom stereocenters. The summed E-state index contributed by atoms with van der Waals surface area (Å²) in [6.45, 7) is 0.493. The van der Waals surface area contributed by atoms with Crippen molar-refractivity contribution in [1.29, 1.82) is 0 Å². The second-order valence-electron chi connectivity index (χ2n) is 10.4. The fourth-order valence-electron chi connectivity index (χ4n) is 4.87. The van der Waals surface area contributed by atoms with Crippen molar-refractivity contribution < 1.29 is 40.7 Å².